The highest BCUT2D eigenvalue weighted by atomic mass is 15.2. The van der Waals surface area contributed by atoms with Gasteiger partial charge < -0.3 is 0 Å². The van der Waals surface area contributed by atoms with Crippen LogP contribution in [0.5, 0.6) is 0 Å². The van der Waals surface area contributed by atoms with E-state index in [2.05, 4.69) is 14.9 Å². The summed E-state index contributed by atoms with van der Waals surface area (Å²) in [6, 6.07) is 5.90. The van der Waals surface area contributed by atoms with Crippen LogP contribution in [0.2, 0.25) is 0 Å². The Morgan fingerprint density at radius 2 is 2.13 bits per heavy atom. The third-order valence-corrected chi connectivity index (χ3v) is 3.35. The molecule has 4 heterocycles. The Bertz CT molecular complexity index is 364. The summed E-state index contributed by atoms with van der Waals surface area (Å²) >= 11 is 0. The quantitative estimate of drug-likeness (QED) is 0.694. The van der Waals surface area contributed by atoms with Crippen molar-refractivity contribution in [3.8, 4) is 0 Å². The van der Waals surface area contributed by atoms with E-state index in [1.165, 1.54) is 31.6 Å². The predicted molar refractivity (Wildman–Crippen MR) is 60.5 cm³/mol. The molecule has 3 aliphatic rings. The monoisotopic (exact) mass is 201 g/mol. The Kier molecular flexibility index (Phi) is 2.25. The lowest BCUT2D eigenvalue weighted by Gasteiger charge is -2.39. The lowest BCUT2D eigenvalue weighted by atomic mass is 9.86. The van der Waals surface area contributed by atoms with E-state index < -0.39 is 0 Å². The van der Waals surface area contributed by atoms with Crippen LogP contribution in [0.3, 0.4) is 0 Å². The molecule has 0 saturated carbocycles. The smallest absolute Gasteiger partial charge is 0.151 e. The van der Waals surface area contributed by atoms with E-state index in [-0.39, 0.29) is 0 Å². The van der Waals surface area contributed by atoms with Crippen LogP contribution in [-0.4, -0.2) is 35.2 Å². The molecule has 3 aliphatic heterocycles. The van der Waals surface area contributed by atoms with Gasteiger partial charge in [-0.25, -0.2) is 9.98 Å². The SMILES string of the molecule is c1ccc(/N=C2\CN3CCC2CC3)nc1. The third-order valence-electron chi connectivity index (χ3n) is 3.35. The average Bonchev–Trinajstić information content (AvgIpc) is 2.32. The lowest BCUT2D eigenvalue weighted by molar-refractivity contribution is 0.200. The number of piperidine rings is 3. The van der Waals surface area contributed by atoms with Crippen LogP contribution in [0.4, 0.5) is 5.82 Å². The molecule has 3 heteroatoms. The van der Waals surface area contributed by atoms with Crippen LogP contribution < -0.4 is 0 Å². The minimum absolute atomic E-state index is 0.719. The maximum atomic E-state index is 4.66. The van der Waals surface area contributed by atoms with E-state index in [0.29, 0.717) is 0 Å². The van der Waals surface area contributed by atoms with Crippen molar-refractivity contribution in [1.82, 2.24) is 9.88 Å². The summed E-state index contributed by atoms with van der Waals surface area (Å²) in [7, 11) is 0. The lowest BCUT2D eigenvalue weighted by Crippen LogP contribution is -2.47. The second-order valence-electron chi connectivity index (χ2n) is 4.34. The number of hydrogen-bond donors (Lipinski definition) is 0. The molecule has 1 aromatic heterocycles. The molecule has 3 fully saturated rings. The van der Waals surface area contributed by atoms with Crippen LogP contribution in [-0.2, 0) is 0 Å². The molecule has 0 unspecified atom stereocenters. The first kappa shape index (κ1) is 9.04. The molecule has 0 atom stereocenters. The predicted octanol–water partition coefficient (Wildman–Crippen LogP) is 1.88. The number of fused-ring (bicyclic) bond motifs is 3. The fourth-order valence-corrected chi connectivity index (χ4v) is 2.48. The fraction of sp³-hybridized carbons (Fsp3) is 0.500. The summed E-state index contributed by atoms with van der Waals surface area (Å²) < 4.78 is 0. The Balaban J connectivity index is 1.85. The van der Waals surface area contributed by atoms with Crippen LogP contribution in [0.25, 0.3) is 0 Å². The normalized spacial score (nSPS) is 32.1. The van der Waals surface area contributed by atoms with Crippen LogP contribution in [0, 0.1) is 5.92 Å². The van der Waals surface area contributed by atoms with Crippen LogP contribution >= 0.6 is 0 Å². The van der Waals surface area contributed by atoms with Gasteiger partial charge in [-0.3, -0.25) is 4.90 Å². The Labute approximate surface area is 89.8 Å². The highest BCUT2D eigenvalue weighted by Gasteiger charge is 2.30. The van der Waals surface area contributed by atoms with E-state index in [9.17, 15) is 0 Å². The molecule has 78 valence electrons. The van der Waals surface area contributed by atoms with E-state index >= 15 is 0 Å². The molecule has 0 spiro atoms. The highest BCUT2D eigenvalue weighted by Crippen LogP contribution is 2.26. The van der Waals surface area contributed by atoms with E-state index in [1.54, 1.807) is 6.20 Å². The summed E-state index contributed by atoms with van der Waals surface area (Å²) in [5.41, 5.74) is 1.34. The molecule has 0 aliphatic carbocycles. The van der Waals surface area contributed by atoms with Gasteiger partial charge in [-0.1, -0.05) is 6.07 Å². The largest absolute Gasteiger partial charge is 0.298 e. The first-order valence-corrected chi connectivity index (χ1v) is 5.63. The number of aliphatic imine (C=N–C) groups is 1. The van der Waals surface area contributed by atoms with Crippen molar-refractivity contribution in [3.05, 3.63) is 24.4 Å². The zero-order chi connectivity index (χ0) is 10.1. The molecule has 3 saturated heterocycles. The first-order chi connectivity index (χ1) is 7.42. The molecule has 0 amide bonds. The first-order valence-electron chi connectivity index (χ1n) is 5.63. The van der Waals surface area contributed by atoms with Gasteiger partial charge in [0.15, 0.2) is 5.82 Å². The van der Waals surface area contributed by atoms with Gasteiger partial charge in [0.2, 0.25) is 0 Å². The summed E-state index contributed by atoms with van der Waals surface area (Å²) in [4.78, 5) is 11.4. The number of rotatable bonds is 1. The summed E-state index contributed by atoms with van der Waals surface area (Å²) in [6.07, 6.45) is 4.37. The minimum atomic E-state index is 0.719. The van der Waals surface area contributed by atoms with Crippen molar-refractivity contribution in [3.63, 3.8) is 0 Å². The zero-order valence-corrected chi connectivity index (χ0v) is 8.76. The number of nitrogens with zero attached hydrogens (tertiary/aromatic N) is 3. The Morgan fingerprint density at radius 1 is 1.27 bits per heavy atom. The number of aromatic nitrogens is 1. The molecule has 3 nitrogen and oxygen atoms in total. The van der Waals surface area contributed by atoms with Crippen molar-refractivity contribution in [2.75, 3.05) is 19.6 Å². The molecule has 0 aromatic carbocycles. The maximum Gasteiger partial charge on any atom is 0.151 e. The van der Waals surface area contributed by atoms with E-state index in [4.69, 9.17) is 0 Å². The average molecular weight is 201 g/mol. The van der Waals surface area contributed by atoms with Crippen molar-refractivity contribution in [2.45, 2.75) is 12.8 Å². The summed E-state index contributed by atoms with van der Waals surface area (Å²) in [6.45, 7) is 3.57. The molecule has 0 radical (unpaired) electrons. The molecular formula is C12H15N3. The van der Waals surface area contributed by atoms with Crippen molar-refractivity contribution < 1.29 is 0 Å². The summed E-state index contributed by atoms with van der Waals surface area (Å²) in [5.74, 6) is 1.58. The molecule has 15 heavy (non-hydrogen) atoms. The Hall–Kier alpha value is -1.22. The zero-order valence-electron chi connectivity index (χ0n) is 8.76. The van der Waals surface area contributed by atoms with Gasteiger partial charge in [-0.15, -0.1) is 0 Å². The van der Waals surface area contributed by atoms with Crippen LogP contribution in [0.15, 0.2) is 29.4 Å². The van der Waals surface area contributed by atoms with Gasteiger partial charge in [-0.05, 0) is 38.1 Å². The van der Waals surface area contributed by atoms with Gasteiger partial charge in [0.25, 0.3) is 0 Å². The van der Waals surface area contributed by atoms with Gasteiger partial charge in [0.05, 0.1) is 0 Å². The van der Waals surface area contributed by atoms with E-state index in [0.717, 1.165) is 18.3 Å². The summed E-state index contributed by atoms with van der Waals surface area (Å²) in [5, 5.41) is 0. The molecular weight excluding hydrogens is 186 g/mol. The molecule has 0 N–H and O–H groups in total. The standard InChI is InChI=1S/C12H15N3/c1-2-6-13-12(3-1)14-11-9-15-7-4-10(11)5-8-15/h1-3,6,10H,4-5,7-9H2/b14-11+. The van der Waals surface area contributed by atoms with Gasteiger partial charge in [0, 0.05) is 24.4 Å². The topological polar surface area (TPSA) is 28.5 Å². The van der Waals surface area contributed by atoms with Gasteiger partial charge >= 0.3 is 0 Å². The van der Waals surface area contributed by atoms with Crippen LogP contribution in [0.1, 0.15) is 12.8 Å². The minimum Gasteiger partial charge on any atom is -0.298 e. The van der Waals surface area contributed by atoms with Crippen molar-refractivity contribution >= 4 is 11.5 Å². The molecule has 4 rings (SSSR count). The molecule has 2 bridgehead atoms. The molecule has 1 aromatic rings. The number of pyridine rings is 1. The Morgan fingerprint density at radius 3 is 2.73 bits per heavy atom. The highest BCUT2D eigenvalue weighted by molar-refractivity contribution is 5.91. The second-order valence-corrected chi connectivity index (χ2v) is 4.34. The third kappa shape index (κ3) is 1.79. The fourth-order valence-electron chi connectivity index (χ4n) is 2.48. The number of hydrogen-bond acceptors (Lipinski definition) is 3. The second kappa shape index (κ2) is 3.74. The van der Waals surface area contributed by atoms with Crippen molar-refractivity contribution in [2.24, 2.45) is 10.9 Å². The van der Waals surface area contributed by atoms with E-state index in [1.807, 2.05) is 18.2 Å². The van der Waals surface area contributed by atoms with Crippen molar-refractivity contribution in [1.29, 1.82) is 0 Å². The maximum absolute atomic E-state index is 4.66. The van der Waals surface area contributed by atoms with Gasteiger partial charge in [0.1, 0.15) is 0 Å². The van der Waals surface area contributed by atoms with Gasteiger partial charge in [-0.2, -0.15) is 0 Å².